The van der Waals surface area contributed by atoms with Gasteiger partial charge in [0.1, 0.15) is 5.54 Å². The maximum absolute atomic E-state index is 11.9. The quantitative estimate of drug-likeness (QED) is 0.560. The topological polar surface area (TPSA) is 58.2 Å². The van der Waals surface area contributed by atoms with Gasteiger partial charge >= 0.3 is 6.03 Å². The summed E-state index contributed by atoms with van der Waals surface area (Å²) in [7, 11) is 0. The molecule has 0 radical (unpaired) electrons. The van der Waals surface area contributed by atoms with Crippen LogP contribution in [0.2, 0.25) is 0 Å². The van der Waals surface area contributed by atoms with Crippen molar-refractivity contribution >= 4 is 27.9 Å². The van der Waals surface area contributed by atoms with E-state index in [9.17, 15) is 9.59 Å². The maximum atomic E-state index is 11.9. The number of imide groups is 1. The van der Waals surface area contributed by atoms with Gasteiger partial charge < -0.3 is 5.32 Å². The molecule has 2 aliphatic rings. The van der Waals surface area contributed by atoms with Gasteiger partial charge in [0, 0.05) is 11.2 Å². The summed E-state index contributed by atoms with van der Waals surface area (Å²) in [6.07, 6.45) is 0.559. The van der Waals surface area contributed by atoms with Crippen molar-refractivity contribution in [2.75, 3.05) is 0 Å². The summed E-state index contributed by atoms with van der Waals surface area (Å²) < 4.78 is 0. The number of hydrogen-bond donors (Lipinski definition) is 2. The van der Waals surface area contributed by atoms with Gasteiger partial charge in [0.15, 0.2) is 0 Å². The number of urea groups is 1. The van der Waals surface area contributed by atoms with Gasteiger partial charge in [0.05, 0.1) is 0 Å². The molecule has 1 aromatic rings. The molecule has 1 heterocycles. The number of rotatable bonds is 0. The van der Waals surface area contributed by atoms with Crippen molar-refractivity contribution in [1.29, 1.82) is 0 Å². The molecule has 1 fully saturated rings. The third kappa shape index (κ3) is 1.09. The third-order valence-electron chi connectivity index (χ3n) is 3.19. The fourth-order valence-electron chi connectivity index (χ4n) is 2.47. The Kier molecular flexibility index (Phi) is 1.89. The molecule has 1 saturated heterocycles. The van der Waals surface area contributed by atoms with Gasteiger partial charge in [-0.05, 0) is 11.1 Å². The minimum absolute atomic E-state index is 0.104. The second-order valence-corrected chi connectivity index (χ2v) is 5.18. The summed E-state index contributed by atoms with van der Waals surface area (Å²) in [6.45, 7) is 0. The summed E-state index contributed by atoms with van der Waals surface area (Å²) in [6, 6.07) is 7.26. The third-order valence-corrected chi connectivity index (χ3v) is 4.00. The number of carbonyl (C=O) groups excluding carboxylic acids is 2. The molecule has 0 bridgehead atoms. The summed E-state index contributed by atoms with van der Waals surface area (Å²) in [5, 5.41) is 5.04. The Morgan fingerprint density at radius 2 is 2.06 bits per heavy atom. The van der Waals surface area contributed by atoms with E-state index in [0.717, 1.165) is 11.1 Å². The normalized spacial score (nSPS) is 31.4. The van der Waals surface area contributed by atoms with Gasteiger partial charge in [-0.2, -0.15) is 0 Å². The summed E-state index contributed by atoms with van der Waals surface area (Å²) in [4.78, 5) is 23.3. The molecule has 1 spiro atoms. The minimum atomic E-state index is -0.873. The minimum Gasteiger partial charge on any atom is -0.319 e. The lowest BCUT2D eigenvalue weighted by atomic mass is 9.92. The molecule has 5 heteroatoms. The lowest BCUT2D eigenvalue weighted by molar-refractivity contribution is -0.124. The lowest BCUT2D eigenvalue weighted by Crippen LogP contribution is -2.41. The SMILES string of the molecule is O=C1NC(=O)[C@@]2(C[C@H](Br)c3ccccc32)N1. The first-order valence-corrected chi connectivity index (χ1v) is 5.92. The van der Waals surface area contributed by atoms with Crippen LogP contribution in [0.25, 0.3) is 0 Å². The zero-order chi connectivity index (χ0) is 11.3. The second-order valence-electron chi connectivity index (χ2n) is 4.07. The number of fused-ring (bicyclic) bond motifs is 2. The summed E-state index contributed by atoms with van der Waals surface area (Å²) >= 11 is 3.54. The number of carbonyl (C=O) groups is 2. The smallest absolute Gasteiger partial charge is 0.319 e. The van der Waals surface area contributed by atoms with Crippen molar-refractivity contribution in [3.05, 3.63) is 35.4 Å². The maximum Gasteiger partial charge on any atom is 0.322 e. The van der Waals surface area contributed by atoms with Crippen LogP contribution in [0.3, 0.4) is 0 Å². The van der Waals surface area contributed by atoms with E-state index in [-0.39, 0.29) is 10.7 Å². The average Bonchev–Trinajstić information content (AvgIpc) is 2.69. The lowest BCUT2D eigenvalue weighted by Gasteiger charge is -2.20. The van der Waals surface area contributed by atoms with Crippen LogP contribution in [0.4, 0.5) is 4.79 Å². The number of hydrogen-bond acceptors (Lipinski definition) is 2. The molecule has 4 nitrogen and oxygen atoms in total. The predicted molar refractivity (Wildman–Crippen MR) is 61.1 cm³/mol. The van der Waals surface area contributed by atoms with Crippen LogP contribution in [0, 0.1) is 0 Å². The van der Waals surface area contributed by atoms with Gasteiger partial charge in [0.25, 0.3) is 5.91 Å². The van der Waals surface area contributed by atoms with Crippen LogP contribution in [0.15, 0.2) is 24.3 Å². The Labute approximate surface area is 101 Å². The Balaban J connectivity index is 2.19. The molecule has 2 N–H and O–H groups in total. The van der Waals surface area contributed by atoms with Crippen LogP contribution in [0.1, 0.15) is 22.4 Å². The highest BCUT2D eigenvalue weighted by Crippen LogP contribution is 2.48. The predicted octanol–water partition coefficient (Wildman–Crippen LogP) is 1.56. The van der Waals surface area contributed by atoms with Crippen molar-refractivity contribution in [2.45, 2.75) is 16.8 Å². The van der Waals surface area contributed by atoms with Crippen LogP contribution in [0.5, 0.6) is 0 Å². The summed E-state index contributed by atoms with van der Waals surface area (Å²) in [5.74, 6) is -0.257. The molecule has 1 aliphatic carbocycles. The van der Waals surface area contributed by atoms with E-state index in [0.29, 0.717) is 6.42 Å². The van der Waals surface area contributed by atoms with Crippen LogP contribution >= 0.6 is 15.9 Å². The highest BCUT2D eigenvalue weighted by atomic mass is 79.9. The van der Waals surface area contributed by atoms with Crippen molar-refractivity contribution in [3.8, 4) is 0 Å². The molecular weight excluding hydrogens is 272 g/mol. The van der Waals surface area contributed by atoms with Crippen LogP contribution < -0.4 is 10.6 Å². The first-order valence-electron chi connectivity index (χ1n) is 5.00. The van der Waals surface area contributed by atoms with Gasteiger partial charge in [-0.15, -0.1) is 0 Å². The molecule has 0 aromatic heterocycles. The van der Waals surface area contributed by atoms with Gasteiger partial charge in [-0.3, -0.25) is 10.1 Å². The zero-order valence-electron chi connectivity index (χ0n) is 8.29. The van der Waals surface area contributed by atoms with Crippen molar-refractivity contribution in [3.63, 3.8) is 0 Å². The van der Waals surface area contributed by atoms with Crippen LogP contribution in [-0.2, 0) is 10.3 Å². The monoisotopic (exact) mass is 280 g/mol. The zero-order valence-corrected chi connectivity index (χ0v) is 9.87. The molecule has 1 aromatic carbocycles. The molecule has 2 atom stereocenters. The van der Waals surface area contributed by atoms with Crippen molar-refractivity contribution in [2.24, 2.45) is 0 Å². The fraction of sp³-hybridized carbons (Fsp3) is 0.273. The van der Waals surface area contributed by atoms with Gasteiger partial charge in [-0.25, -0.2) is 4.79 Å². The Hall–Kier alpha value is -1.36. The fourth-order valence-corrected chi connectivity index (χ4v) is 3.36. The number of benzene rings is 1. The Morgan fingerprint density at radius 1 is 1.31 bits per heavy atom. The number of amides is 3. The molecule has 1 aliphatic heterocycles. The first-order chi connectivity index (χ1) is 7.63. The van der Waals surface area contributed by atoms with Crippen LogP contribution in [-0.4, -0.2) is 11.9 Å². The standard InChI is InChI=1S/C11H9BrN2O2/c12-8-5-11(9(15)13-10(16)14-11)7-4-2-1-3-6(7)8/h1-4,8H,5H2,(H2,13,14,15,16)/t8-,11-/m0/s1. The molecular formula is C11H9BrN2O2. The molecule has 3 rings (SSSR count). The molecule has 82 valence electrons. The van der Waals surface area contributed by atoms with E-state index in [1.165, 1.54) is 0 Å². The Bertz CT molecular complexity index is 503. The van der Waals surface area contributed by atoms with E-state index < -0.39 is 11.6 Å². The van der Waals surface area contributed by atoms with Gasteiger partial charge in [0.2, 0.25) is 0 Å². The second kappa shape index (κ2) is 3.07. The van der Waals surface area contributed by atoms with E-state index in [4.69, 9.17) is 0 Å². The molecule has 0 saturated carbocycles. The Morgan fingerprint density at radius 3 is 2.75 bits per heavy atom. The number of halogens is 1. The average molecular weight is 281 g/mol. The number of nitrogens with one attached hydrogen (secondary N) is 2. The van der Waals surface area contributed by atoms with E-state index in [2.05, 4.69) is 26.6 Å². The largest absolute Gasteiger partial charge is 0.322 e. The first kappa shape index (κ1) is 9.84. The van der Waals surface area contributed by atoms with Crippen molar-refractivity contribution < 1.29 is 9.59 Å². The van der Waals surface area contributed by atoms with E-state index in [1.54, 1.807) is 0 Å². The van der Waals surface area contributed by atoms with E-state index in [1.807, 2.05) is 24.3 Å². The molecule has 3 amide bonds. The van der Waals surface area contributed by atoms with Gasteiger partial charge in [-0.1, -0.05) is 40.2 Å². The molecule has 16 heavy (non-hydrogen) atoms. The highest BCUT2D eigenvalue weighted by molar-refractivity contribution is 9.09. The molecule has 0 unspecified atom stereocenters. The summed E-state index contributed by atoms with van der Waals surface area (Å²) in [5.41, 5.74) is 1.09. The highest BCUT2D eigenvalue weighted by Gasteiger charge is 2.53. The van der Waals surface area contributed by atoms with E-state index >= 15 is 0 Å². The van der Waals surface area contributed by atoms with Crippen molar-refractivity contribution in [1.82, 2.24) is 10.6 Å². The number of alkyl halides is 1.